The molecule has 0 atom stereocenters. The summed E-state index contributed by atoms with van der Waals surface area (Å²) >= 11 is 1.36. The van der Waals surface area contributed by atoms with Crippen molar-refractivity contribution in [1.29, 1.82) is 0 Å². The minimum Gasteiger partial charge on any atom is -0.300 e. The second kappa shape index (κ2) is 2.94. The van der Waals surface area contributed by atoms with Crippen LogP contribution in [0.5, 0.6) is 0 Å². The van der Waals surface area contributed by atoms with Crippen LogP contribution in [0.3, 0.4) is 0 Å². The van der Waals surface area contributed by atoms with E-state index < -0.39 is 0 Å². The van der Waals surface area contributed by atoms with E-state index in [2.05, 4.69) is 9.36 Å². The van der Waals surface area contributed by atoms with Gasteiger partial charge in [0.15, 0.2) is 0 Å². The van der Waals surface area contributed by atoms with Crippen LogP contribution in [0.15, 0.2) is 0 Å². The van der Waals surface area contributed by atoms with E-state index in [4.69, 9.17) is 0 Å². The van der Waals surface area contributed by atoms with Crippen molar-refractivity contribution in [2.24, 2.45) is 0 Å². The molecule has 64 valence electrons. The lowest BCUT2D eigenvalue weighted by Gasteiger charge is -1.86. The fourth-order valence-electron chi connectivity index (χ4n) is 1.06. The number of rotatable bonds is 3. The van der Waals surface area contributed by atoms with Crippen LogP contribution in [-0.2, 0) is 11.2 Å². The molecule has 3 nitrogen and oxygen atoms in total. The van der Waals surface area contributed by atoms with Gasteiger partial charge in [-0.25, -0.2) is 4.98 Å². The summed E-state index contributed by atoms with van der Waals surface area (Å²) in [6.07, 6.45) is 2.89. The molecule has 0 amide bonds. The van der Waals surface area contributed by atoms with Crippen molar-refractivity contribution in [3.05, 3.63) is 10.8 Å². The number of Topliss-reactive ketones (excluding diaryl/α,β-unsaturated/α-hetero) is 1. The van der Waals surface area contributed by atoms with E-state index in [0.717, 1.165) is 10.8 Å². The first-order valence-corrected chi connectivity index (χ1v) is 4.85. The highest BCUT2D eigenvalue weighted by molar-refractivity contribution is 7.05. The number of hydrogen-bond acceptors (Lipinski definition) is 4. The Bertz CT molecular complexity index is 304. The van der Waals surface area contributed by atoms with Crippen LogP contribution in [0.4, 0.5) is 0 Å². The summed E-state index contributed by atoms with van der Waals surface area (Å²) in [6, 6.07) is 0. The SMILES string of the molecule is CC(=O)Cc1nc(C2CC2)ns1. The fourth-order valence-corrected chi connectivity index (χ4v) is 1.85. The summed E-state index contributed by atoms with van der Waals surface area (Å²) in [5, 5.41) is 0.865. The Morgan fingerprint density at radius 3 is 3.00 bits per heavy atom. The quantitative estimate of drug-likeness (QED) is 0.712. The van der Waals surface area contributed by atoms with Gasteiger partial charge in [-0.3, -0.25) is 4.79 Å². The molecule has 0 saturated heterocycles. The van der Waals surface area contributed by atoms with Gasteiger partial charge in [0.05, 0.1) is 6.42 Å². The third-order valence-electron chi connectivity index (χ3n) is 1.83. The summed E-state index contributed by atoms with van der Waals surface area (Å²) in [7, 11) is 0. The van der Waals surface area contributed by atoms with E-state index in [-0.39, 0.29) is 5.78 Å². The summed E-state index contributed by atoms with van der Waals surface area (Å²) in [6.45, 7) is 1.58. The maximum Gasteiger partial charge on any atom is 0.145 e. The summed E-state index contributed by atoms with van der Waals surface area (Å²) in [5.74, 6) is 1.71. The maximum absolute atomic E-state index is 10.7. The van der Waals surface area contributed by atoms with Gasteiger partial charge in [0.1, 0.15) is 16.6 Å². The largest absolute Gasteiger partial charge is 0.300 e. The molecule has 0 radical (unpaired) electrons. The molecule has 12 heavy (non-hydrogen) atoms. The van der Waals surface area contributed by atoms with Crippen molar-refractivity contribution in [3.8, 4) is 0 Å². The first kappa shape index (κ1) is 7.86. The molecule has 1 aliphatic rings. The second-order valence-corrected chi connectivity index (χ2v) is 4.04. The molecule has 1 saturated carbocycles. The van der Waals surface area contributed by atoms with Crippen LogP contribution >= 0.6 is 11.5 Å². The highest BCUT2D eigenvalue weighted by atomic mass is 32.1. The number of carbonyl (C=O) groups is 1. The van der Waals surface area contributed by atoms with Crippen molar-refractivity contribution >= 4 is 17.3 Å². The van der Waals surface area contributed by atoms with Gasteiger partial charge < -0.3 is 0 Å². The molecule has 1 aliphatic carbocycles. The predicted molar refractivity (Wildman–Crippen MR) is 46.3 cm³/mol. The molecule has 0 spiro atoms. The fraction of sp³-hybridized carbons (Fsp3) is 0.625. The highest BCUT2D eigenvalue weighted by Crippen LogP contribution is 2.38. The van der Waals surface area contributed by atoms with Crippen molar-refractivity contribution in [2.75, 3.05) is 0 Å². The first-order chi connectivity index (χ1) is 5.75. The zero-order chi connectivity index (χ0) is 8.55. The lowest BCUT2D eigenvalue weighted by molar-refractivity contribution is -0.116. The minimum atomic E-state index is 0.161. The van der Waals surface area contributed by atoms with E-state index in [1.165, 1.54) is 24.4 Å². The molecule has 0 aromatic carbocycles. The molecular weight excluding hydrogens is 172 g/mol. The van der Waals surface area contributed by atoms with Gasteiger partial charge in [-0.15, -0.1) is 0 Å². The number of nitrogens with zero attached hydrogens (tertiary/aromatic N) is 2. The highest BCUT2D eigenvalue weighted by Gasteiger charge is 2.27. The molecule has 2 rings (SSSR count). The summed E-state index contributed by atoms with van der Waals surface area (Å²) in [5.41, 5.74) is 0. The molecule has 0 unspecified atom stereocenters. The number of aromatic nitrogens is 2. The molecule has 1 aromatic heterocycles. The Morgan fingerprint density at radius 1 is 1.67 bits per heavy atom. The third kappa shape index (κ3) is 1.69. The van der Waals surface area contributed by atoms with Gasteiger partial charge in [0.2, 0.25) is 0 Å². The van der Waals surface area contributed by atoms with Gasteiger partial charge in [-0.1, -0.05) is 0 Å². The Hall–Kier alpha value is -0.770. The molecule has 1 fully saturated rings. The number of ketones is 1. The molecule has 4 heteroatoms. The lowest BCUT2D eigenvalue weighted by atomic mass is 10.3. The van der Waals surface area contributed by atoms with E-state index in [9.17, 15) is 4.79 Å². The van der Waals surface area contributed by atoms with E-state index in [1.54, 1.807) is 6.92 Å². The minimum absolute atomic E-state index is 0.161. The van der Waals surface area contributed by atoms with Crippen LogP contribution in [0.1, 0.15) is 36.5 Å². The Labute approximate surface area is 75.0 Å². The zero-order valence-electron chi connectivity index (χ0n) is 6.91. The number of carbonyl (C=O) groups excluding carboxylic acids is 1. The summed E-state index contributed by atoms with van der Waals surface area (Å²) in [4.78, 5) is 15.0. The predicted octanol–water partition coefficient (Wildman–Crippen LogP) is 1.55. The molecule has 0 aliphatic heterocycles. The topological polar surface area (TPSA) is 42.9 Å². The van der Waals surface area contributed by atoms with Crippen molar-refractivity contribution in [2.45, 2.75) is 32.1 Å². The monoisotopic (exact) mass is 182 g/mol. The van der Waals surface area contributed by atoms with Crippen LogP contribution in [0.25, 0.3) is 0 Å². The van der Waals surface area contributed by atoms with Crippen molar-refractivity contribution in [3.63, 3.8) is 0 Å². The third-order valence-corrected chi connectivity index (χ3v) is 2.55. The Kier molecular flexibility index (Phi) is 1.92. The van der Waals surface area contributed by atoms with Gasteiger partial charge in [-0.05, 0) is 31.3 Å². The first-order valence-electron chi connectivity index (χ1n) is 4.07. The van der Waals surface area contributed by atoms with E-state index in [1.807, 2.05) is 0 Å². The smallest absolute Gasteiger partial charge is 0.145 e. The Balaban J connectivity index is 2.07. The van der Waals surface area contributed by atoms with Crippen LogP contribution in [-0.4, -0.2) is 15.1 Å². The zero-order valence-corrected chi connectivity index (χ0v) is 7.73. The number of hydrogen-bond donors (Lipinski definition) is 0. The Morgan fingerprint density at radius 2 is 2.42 bits per heavy atom. The molecule has 1 aromatic rings. The van der Waals surface area contributed by atoms with Crippen LogP contribution < -0.4 is 0 Å². The molecule has 0 N–H and O–H groups in total. The van der Waals surface area contributed by atoms with E-state index >= 15 is 0 Å². The van der Waals surface area contributed by atoms with E-state index in [0.29, 0.717) is 12.3 Å². The average molecular weight is 182 g/mol. The van der Waals surface area contributed by atoms with Crippen molar-refractivity contribution in [1.82, 2.24) is 9.36 Å². The maximum atomic E-state index is 10.7. The second-order valence-electron chi connectivity index (χ2n) is 3.20. The lowest BCUT2D eigenvalue weighted by Crippen LogP contribution is -1.95. The molecular formula is C8H10N2OS. The van der Waals surface area contributed by atoms with Gasteiger partial charge in [0, 0.05) is 5.92 Å². The molecule has 0 bridgehead atoms. The standard InChI is InChI=1S/C8H10N2OS/c1-5(11)4-7-9-8(10-12-7)6-2-3-6/h6H,2-4H2,1H3. The molecule has 1 heterocycles. The van der Waals surface area contributed by atoms with Crippen LogP contribution in [0, 0.1) is 0 Å². The average Bonchev–Trinajstić information content (AvgIpc) is 2.73. The van der Waals surface area contributed by atoms with Gasteiger partial charge >= 0.3 is 0 Å². The van der Waals surface area contributed by atoms with Gasteiger partial charge in [-0.2, -0.15) is 4.37 Å². The van der Waals surface area contributed by atoms with Crippen molar-refractivity contribution < 1.29 is 4.79 Å². The van der Waals surface area contributed by atoms with Crippen LogP contribution in [0.2, 0.25) is 0 Å². The van der Waals surface area contributed by atoms with Gasteiger partial charge in [0.25, 0.3) is 0 Å². The summed E-state index contributed by atoms with van der Waals surface area (Å²) < 4.78 is 4.21. The normalized spacial score (nSPS) is 16.4.